The van der Waals surface area contributed by atoms with Crippen molar-refractivity contribution in [1.82, 2.24) is 29.2 Å². The van der Waals surface area contributed by atoms with Crippen molar-refractivity contribution in [3.05, 3.63) is 71.2 Å². The van der Waals surface area contributed by atoms with Gasteiger partial charge in [0, 0.05) is 55.1 Å². The summed E-state index contributed by atoms with van der Waals surface area (Å²) in [5, 5.41) is 3.59. The number of allylic oxidation sites excluding steroid dienone is 1. The highest BCUT2D eigenvalue weighted by Crippen LogP contribution is 2.23. The molecule has 4 aromatic rings. The Morgan fingerprint density at radius 2 is 2.05 bits per heavy atom. The van der Waals surface area contributed by atoms with Crippen LogP contribution in [-0.2, 0) is 6.54 Å². The predicted octanol–water partition coefficient (Wildman–Crippen LogP) is 3.40. The summed E-state index contributed by atoms with van der Waals surface area (Å²) in [6.45, 7) is 8.69. The average Bonchev–Trinajstić information content (AvgIpc) is 3.21. The zero-order valence-electron chi connectivity index (χ0n) is 22.2. The molecule has 3 N–H and O–H groups in total. The Kier molecular flexibility index (Phi) is 7.69. The second-order valence-electron chi connectivity index (χ2n) is 9.47. The number of nitrogens with one attached hydrogen (secondary N) is 1. The SMILES string of the molecule is C=CCn1c(=O)c2cnc(Nc3ccc(N)c(C=NCC)c3)nc2n1-c1cccc(OC2CCN(C)CC2)n1. The molecule has 1 fully saturated rings. The van der Waals surface area contributed by atoms with Gasteiger partial charge in [0.15, 0.2) is 11.5 Å². The molecule has 1 aliphatic heterocycles. The van der Waals surface area contributed by atoms with Crippen LogP contribution in [0, 0.1) is 0 Å². The van der Waals surface area contributed by atoms with Crippen molar-refractivity contribution in [2.45, 2.75) is 32.4 Å². The summed E-state index contributed by atoms with van der Waals surface area (Å²) < 4.78 is 9.44. The Bertz CT molecular complexity index is 1570. The maximum Gasteiger partial charge on any atom is 0.278 e. The number of aliphatic imine (C=N–C) groups is 1. The molecule has 1 aliphatic rings. The number of hydrogen-bond acceptors (Lipinski definition) is 9. The number of ether oxygens (including phenoxy) is 1. The van der Waals surface area contributed by atoms with E-state index >= 15 is 0 Å². The average molecular weight is 528 g/mol. The topological polar surface area (TPSA) is 128 Å². The van der Waals surface area contributed by atoms with Gasteiger partial charge in [0.2, 0.25) is 11.8 Å². The second kappa shape index (κ2) is 11.5. The Hall–Kier alpha value is -4.51. The highest BCUT2D eigenvalue weighted by molar-refractivity contribution is 5.89. The summed E-state index contributed by atoms with van der Waals surface area (Å²) in [7, 11) is 2.11. The number of likely N-dealkylation sites (tertiary alicyclic amines) is 1. The predicted molar refractivity (Wildman–Crippen MR) is 155 cm³/mol. The minimum atomic E-state index is -0.231. The standard InChI is InChI=1S/C28H33N9O2/c1-4-13-36-27(38)22-18-31-28(32-20-9-10-23(29)19(16-20)17-30-5-2)34-26(22)37(36)24-7-6-8-25(33-24)39-21-11-14-35(3)15-12-21/h4,6-10,16-18,21H,1,5,11-15,29H2,2-3H3,(H,31,32,34). The highest BCUT2D eigenvalue weighted by atomic mass is 16.5. The molecule has 202 valence electrons. The Balaban J connectivity index is 1.52. The molecular formula is C28H33N9O2. The maximum atomic E-state index is 13.3. The highest BCUT2D eigenvalue weighted by Gasteiger charge is 2.21. The lowest BCUT2D eigenvalue weighted by molar-refractivity contribution is 0.110. The van der Waals surface area contributed by atoms with Crippen LogP contribution in [0.15, 0.2) is 65.0 Å². The summed E-state index contributed by atoms with van der Waals surface area (Å²) in [5.74, 6) is 1.36. The Morgan fingerprint density at radius 1 is 1.23 bits per heavy atom. The van der Waals surface area contributed by atoms with Crippen LogP contribution in [0.25, 0.3) is 16.9 Å². The fraction of sp³-hybridized carbons (Fsp3) is 0.321. The number of aromatic nitrogens is 5. The first-order valence-corrected chi connectivity index (χ1v) is 13.0. The van der Waals surface area contributed by atoms with Crippen molar-refractivity contribution in [3.8, 4) is 11.7 Å². The quantitative estimate of drug-likeness (QED) is 0.193. The number of anilines is 3. The smallest absolute Gasteiger partial charge is 0.278 e. The number of nitrogen functional groups attached to an aromatic ring is 1. The molecular weight excluding hydrogens is 494 g/mol. The van der Waals surface area contributed by atoms with E-state index in [2.05, 4.69) is 33.8 Å². The van der Waals surface area contributed by atoms with Gasteiger partial charge in [0.1, 0.15) is 11.5 Å². The van der Waals surface area contributed by atoms with Gasteiger partial charge in [-0.1, -0.05) is 12.1 Å². The third-order valence-electron chi connectivity index (χ3n) is 6.61. The van der Waals surface area contributed by atoms with Gasteiger partial charge in [-0.2, -0.15) is 9.97 Å². The van der Waals surface area contributed by atoms with E-state index in [9.17, 15) is 4.79 Å². The molecule has 0 amide bonds. The van der Waals surface area contributed by atoms with Gasteiger partial charge in [-0.3, -0.25) is 9.79 Å². The third kappa shape index (κ3) is 5.68. The van der Waals surface area contributed by atoms with E-state index in [0.29, 0.717) is 40.9 Å². The van der Waals surface area contributed by atoms with Crippen molar-refractivity contribution in [1.29, 1.82) is 0 Å². The normalized spacial score (nSPS) is 14.7. The minimum absolute atomic E-state index is 0.103. The molecule has 11 heteroatoms. The lowest BCUT2D eigenvalue weighted by Crippen LogP contribution is -2.35. The molecule has 4 heterocycles. The van der Waals surface area contributed by atoms with Gasteiger partial charge < -0.3 is 20.7 Å². The number of pyridine rings is 1. The summed E-state index contributed by atoms with van der Waals surface area (Å²) >= 11 is 0. The fourth-order valence-electron chi connectivity index (χ4n) is 4.55. The second-order valence-corrected chi connectivity index (χ2v) is 9.47. The maximum absolute atomic E-state index is 13.3. The van der Waals surface area contributed by atoms with E-state index in [4.69, 9.17) is 20.4 Å². The van der Waals surface area contributed by atoms with Crippen molar-refractivity contribution in [2.24, 2.45) is 4.99 Å². The first-order valence-electron chi connectivity index (χ1n) is 13.0. The van der Waals surface area contributed by atoms with Crippen LogP contribution in [0.1, 0.15) is 25.3 Å². The number of nitrogens with two attached hydrogens (primary N) is 1. The number of fused-ring (bicyclic) bond motifs is 1. The van der Waals surface area contributed by atoms with Crippen LogP contribution < -0.4 is 21.3 Å². The summed E-state index contributed by atoms with van der Waals surface area (Å²) in [4.78, 5) is 33.7. The molecule has 0 saturated carbocycles. The first kappa shape index (κ1) is 26.1. The van der Waals surface area contributed by atoms with Gasteiger partial charge >= 0.3 is 0 Å². The van der Waals surface area contributed by atoms with Crippen LogP contribution in [0.4, 0.5) is 17.3 Å². The molecule has 0 spiro atoms. The van der Waals surface area contributed by atoms with Crippen molar-refractivity contribution in [2.75, 3.05) is 37.7 Å². The molecule has 1 aromatic carbocycles. The number of benzene rings is 1. The largest absolute Gasteiger partial charge is 0.474 e. The van der Waals surface area contributed by atoms with Crippen LogP contribution in [0.5, 0.6) is 5.88 Å². The molecule has 0 atom stereocenters. The lowest BCUT2D eigenvalue weighted by atomic mass is 10.1. The van der Waals surface area contributed by atoms with Gasteiger partial charge in [0.05, 0.1) is 6.54 Å². The first-order chi connectivity index (χ1) is 19.0. The molecule has 5 rings (SSSR count). The number of nitrogens with zero attached hydrogens (tertiary/aromatic N) is 7. The Morgan fingerprint density at radius 3 is 2.82 bits per heavy atom. The molecule has 3 aromatic heterocycles. The van der Waals surface area contributed by atoms with E-state index in [1.165, 1.54) is 6.20 Å². The van der Waals surface area contributed by atoms with Crippen LogP contribution >= 0.6 is 0 Å². The minimum Gasteiger partial charge on any atom is -0.474 e. The summed E-state index contributed by atoms with van der Waals surface area (Å²) in [6, 6.07) is 11.1. The van der Waals surface area contributed by atoms with E-state index in [1.807, 2.05) is 37.3 Å². The fourth-order valence-corrected chi connectivity index (χ4v) is 4.55. The van der Waals surface area contributed by atoms with Gasteiger partial charge in [-0.15, -0.1) is 6.58 Å². The van der Waals surface area contributed by atoms with Crippen molar-refractivity contribution >= 4 is 34.6 Å². The van der Waals surface area contributed by atoms with E-state index in [1.54, 1.807) is 27.7 Å². The number of piperidine rings is 1. The molecule has 0 radical (unpaired) electrons. The molecule has 11 nitrogen and oxygen atoms in total. The number of rotatable bonds is 9. The molecule has 0 unspecified atom stereocenters. The van der Waals surface area contributed by atoms with Crippen molar-refractivity contribution in [3.63, 3.8) is 0 Å². The van der Waals surface area contributed by atoms with Crippen molar-refractivity contribution < 1.29 is 4.74 Å². The van der Waals surface area contributed by atoms with Crippen LogP contribution in [0.2, 0.25) is 0 Å². The zero-order valence-corrected chi connectivity index (χ0v) is 22.2. The molecule has 39 heavy (non-hydrogen) atoms. The van der Waals surface area contributed by atoms with E-state index in [-0.39, 0.29) is 18.2 Å². The van der Waals surface area contributed by atoms with Crippen LogP contribution in [-0.4, -0.2) is 68.2 Å². The molecule has 0 bridgehead atoms. The summed E-state index contributed by atoms with van der Waals surface area (Å²) in [5.41, 5.74) is 8.44. The summed E-state index contributed by atoms with van der Waals surface area (Å²) in [6.07, 6.45) is 6.91. The Labute approximate surface area is 226 Å². The van der Waals surface area contributed by atoms with Gasteiger partial charge in [0.25, 0.3) is 5.56 Å². The number of hydrogen-bond donors (Lipinski definition) is 2. The van der Waals surface area contributed by atoms with Gasteiger partial charge in [-0.25, -0.2) is 14.3 Å². The van der Waals surface area contributed by atoms with E-state index in [0.717, 1.165) is 37.2 Å². The molecule has 1 saturated heterocycles. The zero-order chi connectivity index (χ0) is 27.4. The lowest BCUT2D eigenvalue weighted by Gasteiger charge is -2.29. The van der Waals surface area contributed by atoms with E-state index < -0.39 is 0 Å². The van der Waals surface area contributed by atoms with Crippen LogP contribution in [0.3, 0.4) is 0 Å². The third-order valence-corrected chi connectivity index (χ3v) is 6.61. The monoisotopic (exact) mass is 527 g/mol. The molecule has 0 aliphatic carbocycles. The van der Waals surface area contributed by atoms with Gasteiger partial charge in [-0.05, 0) is 51.1 Å².